The summed E-state index contributed by atoms with van der Waals surface area (Å²) in [6, 6.07) is 13.4. The fourth-order valence-electron chi connectivity index (χ4n) is 3.07. The van der Waals surface area contributed by atoms with Crippen molar-refractivity contribution in [3.63, 3.8) is 0 Å². The van der Waals surface area contributed by atoms with E-state index in [1.807, 2.05) is 48.2 Å². The Bertz CT molecular complexity index is 697. The highest BCUT2D eigenvalue weighted by molar-refractivity contribution is 6.30. The van der Waals surface area contributed by atoms with E-state index in [-0.39, 0.29) is 11.9 Å². The minimum Gasteiger partial charge on any atom is -0.399 e. The molecular weight excluding hydrogens is 296 g/mol. The van der Waals surface area contributed by atoms with Gasteiger partial charge in [0.05, 0.1) is 6.04 Å². The van der Waals surface area contributed by atoms with Crippen LogP contribution >= 0.6 is 11.6 Å². The Kier molecular flexibility index (Phi) is 4.08. The largest absolute Gasteiger partial charge is 0.399 e. The zero-order valence-corrected chi connectivity index (χ0v) is 13.3. The van der Waals surface area contributed by atoms with Gasteiger partial charge >= 0.3 is 0 Å². The van der Waals surface area contributed by atoms with E-state index in [1.54, 1.807) is 6.07 Å². The molecule has 1 saturated heterocycles. The monoisotopic (exact) mass is 314 g/mol. The number of carbonyl (C=O) groups is 1. The first-order chi connectivity index (χ1) is 10.6. The summed E-state index contributed by atoms with van der Waals surface area (Å²) in [5.41, 5.74) is 9.25. The molecule has 1 aliphatic heterocycles. The van der Waals surface area contributed by atoms with Crippen LogP contribution in [0, 0.1) is 6.92 Å². The number of nitrogens with two attached hydrogens (primary N) is 1. The van der Waals surface area contributed by atoms with Crippen molar-refractivity contribution in [3.05, 3.63) is 64.2 Å². The number of likely N-dealkylation sites (tertiary alicyclic amines) is 1. The summed E-state index contributed by atoms with van der Waals surface area (Å²) in [6.07, 6.45) is 2.00. The van der Waals surface area contributed by atoms with Crippen LogP contribution in [-0.4, -0.2) is 17.4 Å². The van der Waals surface area contributed by atoms with Gasteiger partial charge < -0.3 is 10.6 Å². The van der Waals surface area contributed by atoms with Gasteiger partial charge in [0, 0.05) is 22.8 Å². The van der Waals surface area contributed by atoms with Crippen molar-refractivity contribution in [1.82, 2.24) is 4.90 Å². The first kappa shape index (κ1) is 14.9. The molecule has 1 unspecified atom stereocenters. The molecule has 0 bridgehead atoms. The van der Waals surface area contributed by atoms with Crippen molar-refractivity contribution in [2.24, 2.45) is 0 Å². The molecule has 1 amide bonds. The van der Waals surface area contributed by atoms with E-state index in [9.17, 15) is 4.79 Å². The summed E-state index contributed by atoms with van der Waals surface area (Å²) in [5.74, 6) is 0.0576. The summed E-state index contributed by atoms with van der Waals surface area (Å²) >= 11 is 5.96. The van der Waals surface area contributed by atoms with Crippen molar-refractivity contribution < 1.29 is 4.79 Å². The van der Waals surface area contributed by atoms with Crippen molar-refractivity contribution in [1.29, 1.82) is 0 Å². The second-order valence-electron chi connectivity index (χ2n) is 5.78. The predicted octanol–water partition coefficient (Wildman–Crippen LogP) is 4.21. The van der Waals surface area contributed by atoms with Crippen molar-refractivity contribution in [2.75, 3.05) is 12.3 Å². The number of nitrogen functional groups attached to an aromatic ring is 1. The van der Waals surface area contributed by atoms with Crippen molar-refractivity contribution >= 4 is 23.2 Å². The van der Waals surface area contributed by atoms with Gasteiger partial charge in [-0.25, -0.2) is 0 Å². The minimum absolute atomic E-state index is 0.0576. The van der Waals surface area contributed by atoms with Crippen LogP contribution in [-0.2, 0) is 0 Å². The lowest BCUT2D eigenvalue weighted by Gasteiger charge is -2.26. The average Bonchev–Trinajstić information content (AvgIpc) is 2.99. The molecule has 2 aromatic rings. The van der Waals surface area contributed by atoms with E-state index < -0.39 is 0 Å². The molecule has 0 spiro atoms. The van der Waals surface area contributed by atoms with Crippen LogP contribution < -0.4 is 5.73 Å². The first-order valence-electron chi connectivity index (χ1n) is 7.49. The minimum atomic E-state index is 0.0576. The molecule has 1 atom stereocenters. The van der Waals surface area contributed by atoms with Gasteiger partial charge in [-0.15, -0.1) is 0 Å². The Morgan fingerprint density at radius 1 is 1.23 bits per heavy atom. The fraction of sp³-hybridized carbons (Fsp3) is 0.278. The number of rotatable bonds is 2. The zero-order chi connectivity index (χ0) is 15.7. The van der Waals surface area contributed by atoms with Gasteiger partial charge in [0.15, 0.2) is 0 Å². The van der Waals surface area contributed by atoms with Crippen molar-refractivity contribution in [3.8, 4) is 0 Å². The number of halogens is 1. The normalized spacial score (nSPS) is 17.7. The SMILES string of the molecule is Cc1ccc(N)cc1C(=O)N1CCCC1c1ccc(Cl)cc1. The number of carbonyl (C=O) groups excluding carboxylic acids is 1. The topological polar surface area (TPSA) is 46.3 Å². The van der Waals surface area contributed by atoms with Crippen LogP contribution in [0.4, 0.5) is 5.69 Å². The Balaban J connectivity index is 1.91. The van der Waals surface area contributed by atoms with E-state index >= 15 is 0 Å². The highest BCUT2D eigenvalue weighted by Gasteiger charge is 2.31. The first-order valence-corrected chi connectivity index (χ1v) is 7.86. The van der Waals surface area contributed by atoms with Crippen LogP contribution in [0.2, 0.25) is 5.02 Å². The molecule has 0 aliphatic carbocycles. The van der Waals surface area contributed by atoms with Crippen LogP contribution in [0.3, 0.4) is 0 Å². The van der Waals surface area contributed by atoms with Crippen LogP contribution in [0.25, 0.3) is 0 Å². The standard InChI is InChI=1S/C18H19ClN2O/c1-12-4-9-15(20)11-16(12)18(22)21-10-2-3-17(21)13-5-7-14(19)8-6-13/h4-9,11,17H,2-3,10,20H2,1H3. The summed E-state index contributed by atoms with van der Waals surface area (Å²) in [4.78, 5) is 14.9. The second-order valence-corrected chi connectivity index (χ2v) is 6.22. The van der Waals surface area contributed by atoms with Gasteiger partial charge in [-0.3, -0.25) is 4.79 Å². The number of aryl methyl sites for hydroxylation is 1. The molecule has 0 radical (unpaired) electrons. The fourth-order valence-corrected chi connectivity index (χ4v) is 3.19. The smallest absolute Gasteiger partial charge is 0.254 e. The third-order valence-corrected chi connectivity index (χ3v) is 4.51. The number of benzene rings is 2. The number of anilines is 1. The molecule has 4 heteroatoms. The van der Waals surface area contributed by atoms with Gasteiger partial charge in [0.2, 0.25) is 0 Å². The molecule has 22 heavy (non-hydrogen) atoms. The molecule has 0 saturated carbocycles. The number of hydrogen-bond donors (Lipinski definition) is 1. The number of nitrogens with zero attached hydrogens (tertiary/aromatic N) is 1. The molecule has 1 fully saturated rings. The average molecular weight is 315 g/mol. The molecule has 3 nitrogen and oxygen atoms in total. The molecule has 3 rings (SSSR count). The molecule has 1 aliphatic rings. The lowest BCUT2D eigenvalue weighted by Crippen LogP contribution is -2.31. The van der Waals surface area contributed by atoms with E-state index in [2.05, 4.69) is 0 Å². The maximum Gasteiger partial charge on any atom is 0.254 e. The third-order valence-electron chi connectivity index (χ3n) is 4.26. The van der Waals surface area contributed by atoms with E-state index in [0.717, 1.165) is 30.5 Å². The molecule has 2 aromatic carbocycles. The lowest BCUT2D eigenvalue weighted by atomic mass is 10.0. The van der Waals surface area contributed by atoms with E-state index in [1.165, 1.54) is 0 Å². The van der Waals surface area contributed by atoms with Gasteiger partial charge in [-0.05, 0) is 55.2 Å². The predicted molar refractivity (Wildman–Crippen MR) is 90.1 cm³/mol. The third kappa shape index (κ3) is 2.81. The molecule has 0 aromatic heterocycles. The Labute approximate surface area is 135 Å². The Hall–Kier alpha value is -2.00. The van der Waals surface area contributed by atoms with E-state index in [4.69, 9.17) is 17.3 Å². The molecule has 2 N–H and O–H groups in total. The maximum atomic E-state index is 12.9. The highest BCUT2D eigenvalue weighted by atomic mass is 35.5. The quantitative estimate of drug-likeness (QED) is 0.844. The van der Waals surface area contributed by atoms with Gasteiger partial charge in [0.25, 0.3) is 5.91 Å². The van der Waals surface area contributed by atoms with Gasteiger partial charge in [-0.2, -0.15) is 0 Å². The second kappa shape index (κ2) is 6.01. The Morgan fingerprint density at radius 2 is 1.95 bits per heavy atom. The van der Waals surface area contributed by atoms with Crippen LogP contribution in [0.1, 0.15) is 40.4 Å². The van der Waals surface area contributed by atoms with Gasteiger partial charge in [0.1, 0.15) is 0 Å². The lowest BCUT2D eigenvalue weighted by molar-refractivity contribution is 0.0735. The summed E-state index contributed by atoms with van der Waals surface area (Å²) in [5, 5.41) is 0.714. The number of amides is 1. The van der Waals surface area contributed by atoms with E-state index in [0.29, 0.717) is 16.3 Å². The van der Waals surface area contributed by atoms with Crippen LogP contribution in [0.5, 0.6) is 0 Å². The van der Waals surface area contributed by atoms with Crippen molar-refractivity contribution in [2.45, 2.75) is 25.8 Å². The van der Waals surface area contributed by atoms with Gasteiger partial charge in [-0.1, -0.05) is 29.8 Å². The maximum absolute atomic E-state index is 12.9. The summed E-state index contributed by atoms with van der Waals surface area (Å²) in [7, 11) is 0. The number of hydrogen-bond acceptors (Lipinski definition) is 2. The summed E-state index contributed by atoms with van der Waals surface area (Å²) < 4.78 is 0. The Morgan fingerprint density at radius 3 is 2.68 bits per heavy atom. The zero-order valence-electron chi connectivity index (χ0n) is 12.6. The molecule has 114 valence electrons. The molecule has 1 heterocycles. The van der Waals surface area contributed by atoms with Crippen LogP contribution in [0.15, 0.2) is 42.5 Å². The molecular formula is C18H19ClN2O. The highest BCUT2D eigenvalue weighted by Crippen LogP contribution is 2.34. The summed E-state index contributed by atoms with van der Waals surface area (Å²) in [6.45, 7) is 2.72.